The Kier molecular flexibility index (Phi) is 13.9. The summed E-state index contributed by atoms with van der Waals surface area (Å²) >= 11 is 0. The molecule has 0 saturated carbocycles. The van der Waals surface area contributed by atoms with E-state index in [0.29, 0.717) is 13.2 Å². The predicted molar refractivity (Wildman–Crippen MR) is 102 cm³/mol. The zero-order chi connectivity index (χ0) is 17.3. The number of carbonyl (C=O) groups excluding carboxylic acids is 1. The molecule has 0 aromatic heterocycles. The van der Waals surface area contributed by atoms with E-state index < -0.39 is 0 Å². The molecule has 0 aliphatic carbocycles. The molecule has 0 spiro atoms. The highest BCUT2D eigenvalue weighted by Gasteiger charge is 2.13. The Morgan fingerprint density at radius 2 is 1.33 bits per heavy atom. The van der Waals surface area contributed by atoms with E-state index in [4.69, 9.17) is 4.74 Å². The topological polar surface area (TPSA) is 29.5 Å². The molecule has 0 aromatic rings. The van der Waals surface area contributed by atoms with Gasteiger partial charge in [-0.1, -0.05) is 83.6 Å². The molecule has 3 heteroatoms. The summed E-state index contributed by atoms with van der Waals surface area (Å²) in [5.74, 6) is 0.150. The van der Waals surface area contributed by atoms with Crippen molar-refractivity contribution in [3.8, 4) is 0 Å². The van der Waals surface area contributed by atoms with Gasteiger partial charge in [0.05, 0.1) is 13.2 Å². The molecule has 0 unspecified atom stereocenters. The van der Waals surface area contributed by atoms with Crippen LogP contribution in [0.1, 0.15) is 90.4 Å². The van der Waals surface area contributed by atoms with Crippen LogP contribution in [0.5, 0.6) is 0 Å². The standard InChI is InChI=1S/C21H39NO2/c1-2-3-4-5-6-7-8-9-10-11-12-13-14-15-16-21(23)22-17-19-24-20-18-22/h15-16H,2-14,17-20H2,1H3. The number of carbonyl (C=O) groups is 1. The van der Waals surface area contributed by atoms with Crippen LogP contribution in [0, 0.1) is 0 Å². The summed E-state index contributed by atoms with van der Waals surface area (Å²) in [6, 6.07) is 0. The molecule has 3 nitrogen and oxygen atoms in total. The summed E-state index contributed by atoms with van der Waals surface area (Å²) in [7, 11) is 0. The minimum atomic E-state index is 0.150. The van der Waals surface area contributed by atoms with Crippen molar-refractivity contribution in [3.63, 3.8) is 0 Å². The average Bonchev–Trinajstić information content (AvgIpc) is 2.62. The zero-order valence-electron chi connectivity index (χ0n) is 15.9. The normalized spacial score (nSPS) is 15.3. The van der Waals surface area contributed by atoms with E-state index in [9.17, 15) is 4.79 Å². The van der Waals surface area contributed by atoms with Gasteiger partial charge >= 0.3 is 0 Å². The van der Waals surface area contributed by atoms with E-state index >= 15 is 0 Å². The Morgan fingerprint density at radius 3 is 1.88 bits per heavy atom. The number of nitrogens with zero attached hydrogens (tertiary/aromatic N) is 1. The van der Waals surface area contributed by atoms with Crippen LogP contribution < -0.4 is 0 Å². The molecular weight excluding hydrogens is 298 g/mol. The zero-order valence-corrected chi connectivity index (χ0v) is 15.9. The summed E-state index contributed by atoms with van der Waals surface area (Å²) in [6.45, 7) is 5.11. The highest BCUT2D eigenvalue weighted by Crippen LogP contribution is 2.12. The molecule has 0 aromatic carbocycles. The van der Waals surface area contributed by atoms with E-state index in [2.05, 4.69) is 6.92 Å². The van der Waals surface area contributed by atoms with Gasteiger partial charge in [0.25, 0.3) is 0 Å². The maximum Gasteiger partial charge on any atom is 0.246 e. The van der Waals surface area contributed by atoms with Gasteiger partial charge in [0, 0.05) is 13.1 Å². The smallest absolute Gasteiger partial charge is 0.246 e. The van der Waals surface area contributed by atoms with Crippen LogP contribution in [-0.4, -0.2) is 37.1 Å². The van der Waals surface area contributed by atoms with E-state index in [1.807, 2.05) is 11.0 Å². The number of unbranched alkanes of at least 4 members (excludes halogenated alkanes) is 12. The number of ether oxygens (including phenoxy) is 1. The molecule has 1 amide bonds. The largest absolute Gasteiger partial charge is 0.378 e. The first-order chi connectivity index (χ1) is 11.8. The lowest BCUT2D eigenvalue weighted by Crippen LogP contribution is -2.39. The van der Waals surface area contributed by atoms with Crippen LogP contribution in [0.25, 0.3) is 0 Å². The maximum absolute atomic E-state index is 11.9. The van der Waals surface area contributed by atoms with Crippen LogP contribution in [0.3, 0.4) is 0 Å². The van der Waals surface area contributed by atoms with Crippen LogP contribution in [0.15, 0.2) is 12.2 Å². The number of hydrogen-bond donors (Lipinski definition) is 0. The van der Waals surface area contributed by atoms with Crippen LogP contribution in [0.4, 0.5) is 0 Å². The van der Waals surface area contributed by atoms with E-state index in [1.165, 1.54) is 77.0 Å². The van der Waals surface area contributed by atoms with Crippen molar-refractivity contribution < 1.29 is 9.53 Å². The highest BCUT2D eigenvalue weighted by molar-refractivity contribution is 5.87. The number of hydrogen-bond acceptors (Lipinski definition) is 2. The van der Waals surface area contributed by atoms with Gasteiger partial charge in [0.15, 0.2) is 0 Å². The molecule has 1 saturated heterocycles. The molecule has 0 atom stereocenters. The van der Waals surface area contributed by atoms with Crippen molar-refractivity contribution >= 4 is 5.91 Å². The van der Waals surface area contributed by atoms with Gasteiger partial charge in [-0.3, -0.25) is 4.79 Å². The number of morpholine rings is 1. The minimum absolute atomic E-state index is 0.150. The third-order valence-electron chi connectivity index (χ3n) is 4.81. The van der Waals surface area contributed by atoms with Crippen molar-refractivity contribution in [1.29, 1.82) is 0 Å². The Bertz CT molecular complexity index is 322. The molecule has 0 bridgehead atoms. The second-order valence-electron chi connectivity index (χ2n) is 7.02. The minimum Gasteiger partial charge on any atom is -0.378 e. The van der Waals surface area contributed by atoms with Crippen molar-refractivity contribution in [2.45, 2.75) is 90.4 Å². The Labute approximate surface area is 149 Å². The summed E-state index contributed by atoms with van der Waals surface area (Å²) < 4.78 is 5.26. The average molecular weight is 338 g/mol. The van der Waals surface area contributed by atoms with Crippen molar-refractivity contribution in [2.24, 2.45) is 0 Å². The monoisotopic (exact) mass is 337 g/mol. The third kappa shape index (κ3) is 11.7. The first kappa shape index (κ1) is 21.2. The van der Waals surface area contributed by atoms with Crippen molar-refractivity contribution in [1.82, 2.24) is 4.90 Å². The first-order valence-corrected chi connectivity index (χ1v) is 10.4. The number of rotatable bonds is 14. The molecule has 24 heavy (non-hydrogen) atoms. The highest BCUT2D eigenvalue weighted by atomic mass is 16.5. The summed E-state index contributed by atoms with van der Waals surface area (Å²) in [6.07, 6.45) is 21.4. The van der Waals surface area contributed by atoms with Crippen LogP contribution in [0.2, 0.25) is 0 Å². The first-order valence-electron chi connectivity index (χ1n) is 10.4. The predicted octanol–water partition coefficient (Wildman–Crippen LogP) is 5.49. The lowest BCUT2D eigenvalue weighted by atomic mass is 10.0. The molecule has 1 rings (SSSR count). The van der Waals surface area contributed by atoms with Gasteiger partial charge in [-0.2, -0.15) is 0 Å². The summed E-state index contributed by atoms with van der Waals surface area (Å²) in [4.78, 5) is 13.8. The lowest BCUT2D eigenvalue weighted by molar-refractivity contribution is -0.129. The molecule has 1 aliphatic heterocycles. The Morgan fingerprint density at radius 1 is 0.833 bits per heavy atom. The Balaban J connectivity index is 1.81. The van der Waals surface area contributed by atoms with Crippen LogP contribution >= 0.6 is 0 Å². The van der Waals surface area contributed by atoms with E-state index in [-0.39, 0.29) is 5.91 Å². The number of amides is 1. The van der Waals surface area contributed by atoms with Gasteiger partial charge in [0.2, 0.25) is 5.91 Å². The second kappa shape index (κ2) is 15.7. The van der Waals surface area contributed by atoms with Gasteiger partial charge in [-0.15, -0.1) is 0 Å². The fourth-order valence-corrected chi connectivity index (χ4v) is 3.18. The SMILES string of the molecule is CCCCCCCCCCCCCCC=CC(=O)N1CCOCC1. The third-order valence-corrected chi connectivity index (χ3v) is 4.81. The van der Waals surface area contributed by atoms with E-state index in [1.54, 1.807) is 6.08 Å². The van der Waals surface area contributed by atoms with Crippen molar-refractivity contribution in [2.75, 3.05) is 26.3 Å². The molecule has 140 valence electrons. The lowest BCUT2D eigenvalue weighted by Gasteiger charge is -2.25. The van der Waals surface area contributed by atoms with Gasteiger partial charge < -0.3 is 9.64 Å². The maximum atomic E-state index is 11.9. The fourth-order valence-electron chi connectivity index (χ4n) is 3.18. The van der Waals surface area contributed by atoms with E-state index in [0.717, 1.165) is 19.5 Å². The summed E-state index contributed by atoms with van der Waals surface area (Å²) in [5.41, 5.74) is 0. The quantitative estimate of drug-likeness (QED) is 0.310. The number of allylic oxidation sites excluding steroid dienone is 1. The second-order valence-corrected chi connectivity index (χ2v) is 7.02. The van der Waals surface area contributed by atoms with Gasteiger partial charge in [-0.05, 0) is 18.9 Å². The van der Waals surface area contributed by atoms with Crippen LogP contribution in [-0.2, 0) is 9.53 Å². The van der Waals surface area contributed by atoms with Gasteiger partial charge in [0.1, 0.15) is 0 Å². The Hall–Kier alpha value is -0.830. The molecule has 1 fully saturated rings. The fraction of sp³-hybridized carbons (Fsp3) is 0.857. The molecular formula is C21H39NO2. The molecule has 1 aliphatic rings. The van der Waals surface area contributed by atoms with Gasteiger partial charge in [-0.25, -0.2) is 0 Å². The molecule has 1 heterocycles. The molecule has 0 radical (unpaired) electrons. The summed E-state index contributed by atoms with van der Waals surface area (Å²) in [5, 5.41) is 0. The molecule has 0 N–H and O–H groups in total. The van der Waals surface area contributed by atoms with Crippen molar-refractivity contribution in [3.05, 3.63) is 12.2 Å².